The zero-order chi connectivity index (χ0) is 19.5. The van der Waals surface area contributed by atoms with Crippen molar-refractivity contribution in [3.63, 3.8) is 0 Å². The fraction of sp³-hybridized carbons (Fsp3) is 0.150. The van der Waals surface area contributed by atoms with Crippen molar-refractivity contribution < 1.29 is 4.79 Å². The maximum absolute atomic E-state index is 13.0. The maximum Gasteiger partial charge on any atom is 0.272 e. The standard InChI is InChI=1S/C20H16ClN3O2S2/c21-13-5-4-6-14(11-13)22-17(25)12-28-20-23-16-9-10-27-18(16)19(26)24(20)15-7-2-1-3-8-15/h1-8,11H,9-10,12H2,(H,22,25). The lowest BCUT2D eigenvalue weighted by molar-refractivity contribution is -0.113. The molecule has 1 amide bonds. The van der Waals surface area contributed by atoms with Crippen LogP contribution >= 0.6 is 35.1 Å². The number of halogens is 1. The summed E-state index contributed by atoms with van der Waals surface area (Å²) in [5, 5.41) is 3.90. The van der Waals surface area contributed by atoms with Gasteiger partial charge in [0.2, 0.25) is 5.91 Å². The van der Waals surface area contributed by atoms with E-state index in [4.69, 9.17) is 11.6 Å². The average molecular weight is 430 g/mol. The Kier molecular flexibility index (Phi) is 5.75. The van der Waals surface area contributed by atoms with Crippen LogP contribution in [0.2, 0.25) is 5.02 Å². The number of aromatic nitrogens is 2. The Bertz CT molecular complexity index is 1090. The molecule has 0 bridgehead atoms. The van der Waals surface area contributed by atoms with Gasteiger partial charge in [-0.15, -0.1) is 11.8 Å². The molecule has 0 saturated heterocycles. The van der Waals surface area contributed by atoms with Crippen molar-refractivity contribution in [3.8, 4) is 5.69 Å². The summed E-state index contributed by atoms with van der Waals surface area (Å²) in [6.45, 7) is 0. The van der Waals surface area contributed by atoms with Crippen LogP contribution in [0.4, 0.5) is 5.69 Å². The van der Waals surface area contributed by atoms with E-state index in [0.717, 1.165) is 23.6 Å². The van der Waals surface area contributed by atoms with Crippen molar-refractivity contribution in [1.29, 1.82) is 0 Å². The largest absolute Gasteiger partial charge is 0.325 e. The number of benzene rings is 2. The van der Waals surface area contributed by atoms with Gasteiger partial charge in [0.05, 0.1) is 22.0 Å². The lowest BCUT2D eigenvalue weighted by Crippen LogP contribution is -2.24. The Balaban J connectivity index is 1.60. The Morgan fingerprint density at radius 1 is 1.21 bits per heavy atom. The van der Waals surface area contributed by atoms with Crippen molar-refractivity contribution in [2.75, 3.05) is 16.8 Å². The Morgan fingerprint density at radius 2 is 2.04 bits per heavy atom. The topological polar surface area (TPSA) is 64.0 Å². The SMILES string of the molecule is O=C(CSc1nc2c(c(=O)n1-c1ccccc1)SCC2)Nc1cccc(Cl)c1. The van der Waals surface area contributed by atoms with E-state index in [1.165, 1.54) is 11.8 Å². The van der Waals surface area contributed by atoms with Gasteiger partial charge in [-0.3, -0.25) is 14.2 Å². The molecule has 0 unspecified atom stereocenters. The van der Waals surface area contributed by atoms with Crippen molar-refractivity contribution >= 4 is 46.7 Å². The molecule has 0 spiro atoms. The number of nitrogens with zero attached hydrogens (tertiary/aromatic N) is 2. The molecule has 0 atom stereocenters. The first-order valence-electron chi connectivity index (χ1n) is 8.64. The average Bonchev–Trinajstić information content (AvgIpc) is 3.16. The van der Waals surface area contributed by atoms with E-state index in [0.29, 0.717) is 20.8 Å². The highest BCUT2D eigenvalue weighted by Crippen LogP contribution is 2.30. The number of carbonyl (C=O) groups excluding carboxylic acids is 1. The summed E-state index contributed by atoms with van der Waals surface area (Å²) in [4.78, 5) is 30.8. The Morgan fingerprint density at radius 3 is 2.82 bits per heavy atom. The van der Waals surface area contributed by atoms with Crippen LogP contribution in [0.15, 0.2) is 69.4 Å². The van der Waals surface area contributed by atoms with Gasteiger partial charge in [-0.1, -0.05) is 47.6 Å². The summed E-state index contributed by atoms with van der Waals surface area (Å²) in [5.74, 6) is 0.809. The predicted molar refractivity (Wildman–Crippen MR) is 115 cm³/mol. The highest BCUT2D eigenvalue weighted by Gasteiger charge is 2.22. The third-order valence-electron chi connectivity index (χ3n) is 4.12. The fourth-order valence-corrected chi connectivity index (χ4v) is 4.93. The first-order chi connectivity index (χ1) is 13.6. The molecule has 2 aromatic carbocycles. The number of fused-ring (bicyclic) bond motifs is 1. The third kappa shape index (κ3) is 4.11. The zero-order valence-electron chi connectivity index (χ0n) is 14.7. The van der Waals surface area contributed by atoms with E-state index in [-0.39, 0.29) is 17.2 Å². The number of nitrogens with one attached hydrogen (secondary N) is 1. The molecule has 4 rings (SSSR count). The van der Waals surface area contributed by atoms with Crippen LogP contribution in [0.25, 0.3) is 5.69 Å². The van der Waals surface area contributed by atoms with Gasteiger partial charge in [0.1, 0.15) is 0 Å². The maximum atomic E-state index is 13.0. The van der Waals surface area contributed by atoms with Crippen LogP contribution in [0.5, 0.6) is 0 Å². The minimum Gasteiger partial charge on any atom is -0.325 e. The Labute approximate surface area is 175 Å². The van der Waals surface area contributed by atoms with E-state index >= 15 is 0 Å². The van der Waals surface area contributed by atoms with E-state index in [9.17, 15) is 9.59 Å². The third-order valence-corrected chi connectivity index (χ3v) is 6.40. The molecule has 0 saturated carbocycles. The first kappa shape index (κ1) is 19.1. The molecule has 2 heterocycles. The van der Waals surface area contributed by atoms with Crippen molar-refractivity contribution in [3.05, 3.63) is 75.7 Å². The lowest BCUT2D eigenvalue weighted by Gasteiger charge is -2.13. The summed E-state index contributed by atoms with van der Waals surface area (Å²) in [5.41, 5.74) is 2.13. The van der Waals surface area contributed by atoms with Crippen LogP contribution in [-0.2, 0) is 11.2 Å². The number of carbonyl (C=O) groups is 1. The first-order valence-corrected chi connectivity index (χ1v) is 11.0. The van der Waals surface area contributed by atoms with Gasteiger partial charge < -0.3 is 5.32 Å². The van der Waals surface area contributed by atoms with Crippen LogP contribution in [-0.4, -0.2) is 27.0 Å². The molecule has 0 aliphatic carbocycles. The number of rotatable bonds is 5. The van der Waals surface area contributed by atoms with Crippen molar-refractivity contribution in [2.45, 2.75) is 16.5 Å². The van der Waals surface area contributed by atoms with Crippen molar-refractivity contribution in [1.82, 2.24) is 9.55 Å². The van der Waals surface area contributed by atoms with E-state index in [1.54, 1.807) is 40.6 Å². The molecule has 8 heteroatoms. The molecule has 5 nitrogen and oxygen atoms in total. The molecule has 0 radical (unpaired) electrons. The van der Waals surface area contributed by atoms with Gasteiger partial charge in [-0.05, 0) is 30.3 Å². The predicted octanol–water partition coefficient (Wildman–Crippen LogP) is 4.26. The quantitative estimate of drug-likeness (QED) is 0.484. The van der Waals surface area contributed by atoms with Gasteiger partial charge in [-0.2, -0.15) is 0 Å². The van der Waals surface area contributed by atoms with Crippen LogP contribution in [0.1, 0.15) is 5.69 Å². The van der Waals surface area contributed by atoms with E-state index in [1.807, 2.05) is 30.3 Å². The second kappa shape index (κ2) is 8.43. The lowest BCUT2D eigenvalue weighted by atomic mass is 10.3. The summed E-state index contributed by atoms with van der Waals surface area (Å²) < 4.78 is 1.59. The van der Waals surface area contributed by atoms with Crippen LogP contribution < -0.4 is 10.9 Å². The van der Waals surface area contributed by atoms with Crippen LogP contribution in [0.3, 0.4) is 0 Å². The molecule has 1 N–H and O–H groups in total. The van der Waals surface area contributed by atoms with E-state index in [2.05, 4.69) is 10.3 Å². The minimum absolute atomic E-state index is 0.0727. The zero-order valence-corrected chi connectivity index (χ0v) is 17.1. The molecule has 28 heavy (non-hydrogen) atoms. The smallest absolute Gasteiger partial charge is 0.272 e. The molecule has 142 valence electrons. The van der Waals surface area contributed by atoms with Crippen molar-refractivity contribution in [2.24, 2.45) is 0 Å². The molecule has 1 aliphatic rings. The number of thioether (sulfide) groups is 2. The van der Waals surface area contributed by atoms with Gasteiger partial charge in [0, 0.05) is 22.9 Å². The highest BCUT2D eigenvalue weighted by molar-refractivity contribution is 8.00. The summed E-state index contributed by atoms with van der Waals surface area (Å²) in [6, 6.07) is 16.4. The molecule has 3 aromatic rings. The van der Waals surface area contributed by atoms with Crippen LogP contribution in [0, 0.1) is 0 Å². The van der Waals surface area contributed by atoms with Gasteiger partial charge in [0.15, 0.2) is 5.16 Å². The number of aryl methyl sites for hydroxylation is 1. The van der Waals surface area contributed by atoms with E-state index < -0.39 is 0 Å². The number of amides is 1. The fourth-order valence-electron chi connectivity index (χ4n) is 2.89. The molecular formula is C20H16ClN3O2S2. The van der Waals surface area contributed by atoms with Gasteiger partial charge in [0.25, 0.3) is 5.56 Å². The molecular weight excluding hydrogens is 414 g/mol. The second-order valence-corrected chi connectivity index (χ2v) is 8.58. The monoisotopic (exact) mass is 429 g/mol. The second-order valence-electron chi connectivity index (χ2n) is 6.09. The number of anilines is 1. The molecule has 0 fully saturated rings. The van der Waals surface area contributed by atoms with Gasteiger partial charge >= 0.3 is 0 Å². The molecule has 1 aliphatic heterocycles. The number of para-hydroxylation sites is 1. The number of hydrogen-bond donors (Lipinski definition) is 1. The highest BCUT2D eigenvalue weighted by atomic mass is 35.5. The number of hydrogen-bond acceptors (Lipinski definition) is 5. The molecule has 1 aromatic heterocycles. The Hall–Kier alpha value is -2.22. The summed E-state index contributed by atoms with van der Waals surface area (Å²) in [6.07, 6.45) is 0.771. The van der Waals surface area contributed by atoms with Gasteiger partial charge in [-0.25, -0.2) is 4.98 Å². The normalized spacial score (nSPS) is 12.6. The summed E-state index contributed by atoms with van der Waals surface area (Å²) >= 11 is 8.75. The summed E-state index contributed by atoms with van der Waals surface area (Å²) in [7, 11) is 0. The minimum atomic E-state index is -0.184.